The molecule has 23 heavy (non-hydrogen) atoms. The Labute approximate surface area is 132 Å². The van der Waals surface area contributed by atoms with Gasteiger partial charge in [0.05, 0.1) is 23.3 Å². The average molecular weight is 311 g/mol. The predicted octanol–water partition coefficient (Wildman–Crippen LogP) is 3.39. The summed E-state index contributed by atoms with van der Waals surface area (Å²) in [7, 11) is 0. The maximum absolute atomic E-state index is 12.7. The van der Waals surface area contributed by atoms with Crippen molar-refractivity contribution >= 4 is 28.0 Å². The van der Waals surface area contributed by atoms with Crippen molar-refractivity contribution in [3.05, 3.63) is 51.3 Å². The third-order valence-electron chi connectivity index (χ3n) is 3.81. The van der Waals surface area contributed by atoms with E-state index < -0.39 is 5.97 Å². The Balaban J connectivity index is 2.31. The lowest BCUT2D eigenvalue weighted by Crippen LogP contribution is -2.11. The minimum atomic E-state index is -0.469. The second kappa shape index (κ2) is 5.83. The second-order valence-electron chi connectivity index (χ2n) is 5.30. The molecule has 0 amide bonds. The molecule has 0 aliphatic heterocycles. The van der Waals surface area contributed by atoms with Gasteiger partial charge in [-0.2, -0.15) is 0 Å². The zero-order valence-corrected chi connectivity index (χ0v) is 13.3. The Morgan fingerprint density at radius 3 is 2.70 bits per heavy atom. The molecule has 0 bridgehead atoms. The lowest BCUT2D eigenvalue weighted by molar-refractivity contribution is 0.0525. The summed E-state index contributed by atoms with van der Waals surface area (Å²) in [6.45, 7) is 5.72. The van der Waals surface area contributed by atoms with Crippen LogP contribution in [0.3, 0.4) is 0 Å². The highest BCUT2D eigenvalue weighted by molar-refractivity contribution is 5.95. The van der Waals surface area contributed by atoms with Crippen LogP contribution in [-0.2, 0) is 11.2 Å². The van der Waals surface area contributed by atoms with Crippen molar-refractivity contribution in [2.75, 3.05) is 6.61 Å². The van der Waals surface area contributed by atoms with Gasteiger partial charge < -0.3 is 9.15 Å². The maximum atomic E-state index is 12.7. The molecule has 5 nitrogen and oxygen atoms in total. The van der Waals surface area contributed by atoms with Crippen LogP contribution >= 0.6 is 0 Å². The fourth-order valence-electron chi connectivity index (χ4n) is 2.55. The van der Waals surface area contributed by atoms with E-state index in [0.717, 1.165) is 12.0 Å². The van der Waals surface area contributed by atoms with Crippen molar-refractivity contribution < 1.29 is 13.9 Å². The summed E-state index contributed by atoms with van der Waals surface area (Å²) >= 11 is 0. The molecule has 2 heterocycles. The van der Waals surface area contributed by atoms with Crippen LogP contribution in [0.2, 0.25) is 0 Å². The van der Waals surface area contributed by atoms with E-state index in [-0.39, 0.29) is 17.6 Å². The zero-order valence-electron chi connectivity index (χ0n) is 13.3. The average Bonchev–Trinajstić information content (AvgIpc) is 2.55. The van der Waals surface area contributed by atoms with Gasteiger partial charge in [-0.05, 0) is 44.0 Å². The molecular formula is C18H17NO4. The molecule has 0 saturated carbocycles. The van der Waals surface area contributed by atoms with Gasteiger partial charge in [0.15, 0.2) is 11.1 Å². The van der Waals surface area contributed by atoms with Crippen LogP contribution in [0.5, 0.6) is 0 Å². The number of hydrogen-bond donors (Lipinski definition) is 0. The summed E-state index contributed by atoms with van der Waals surface area (Å²) in [5.41, 5.74) is 2.65. The van der Waals surface area contributed by atoms with Crippen molar-refractivity contribution in [3.8, 4) is 0 Å². The normalized spacial score (nSPS) is 11.1. The van der Waals surface area contributed by atoms with Crippen molar-refractivity contribution in [1.29, 1.82) is 0 Å². The number of benzene rings is 1. The van der Waals surface area contributed by atoms with E-state index in [9.17, 15) is 9.59 Å². The molecule has 0 N–H and O–H groups in total. The molecule has 0 atom stereocenters. The third-order valence-corrected chi connectivity index (χ3v) is 3.81. The first-order chi connectivity index (χ1) is 11.0. The number of esters is 1. The van der Waals surface area contributed by atoms with E-state index in [2.05, 4.69) is 4.98 Å². The van der Waals surface area contributed by atoms with E-state index in [0.29, 0.717) is 27.8 Å². The van der Waals surface area contributed by atoms with Crippen LogP contribution in [0.4, 0.5) is 0 Å². The molecular weight excluding hydrogens is 294 g/mol. The minimum Gasteiger partial charge on any atom is -0.462 e. The lowest BCUT2D eigenvalue weighted by Gasteiger charge is -2.07. The molecule has 3 aromatic rings. The van der Waals surface area contributed by atoms with Crippen LogP contribution in [0.15, 0.2) is 33.5 Å². The van der Waals surface area contributed by atoms with Crippen LogP contribution in [-0.4, -0.2) is 17.6 Å². The van der Waals surface area contributed by atoms with Crippen molar-refractivity contribution in [2.24, 2.45) is 0 Å². The van der Waals surface area contributed by atoms with E-state index >= 15 is 0 Å². The Bertz CT molecular complexity index is 972. The smallest absolute Gasteiger partial charge is 0.340 e. The molecule has 5 heteroatoms. The number of aromatic nitrogens is 1. The quantitative estimate of drug-likeness (QED) is 0.548. The van der Waals surface area contributed by atoms with Gasteiger partial charge in [-0.15, -0.1) is 0 Å². The number of rotatable bonds is 3. The number of aryl methyl sites for hydroxylation is 2. The van der Waals surface area contributed by atoms with Gasteiger partial charge in [0.1, 0.15) is 5.58 Å². The SMILES string of the molecule is CCOC(=O)c1cc2oc3ccc(CC)cc3c(=O)c2nc1C. The molecule has 0 aliphatic carbocycles. The number of pyridine rings is 1. The highest BCUT2D eigenvalue weighted by Crippen LogP contribution is 2.21. The van der Waals surface area contributed by atoms with Gasteiger partial charge >= 0.3 is 5.97 Å². The summed E-state index contributed by atoms with van der Waals surface area (Å²) in [5.74, 6) is -0.469. The molecule has 0 radical (unpaired) electrons. The predicted molar refractivity (Wildman–Crippen MR) is 87.9 cm³/mol. The van der Waals surface area contributed by atoms with E-state index in [1.54, 1.807) is 19.9 Å². The highest BCUT2D eigenvalue weighted by Gasteiger charge is 2.17. The minimum absolute atomic E-state index is 0.185. The fourth-order valence-corrected chi connectivity index (χ4v) is 2.55. The summed E-state index contributed by atoms with van der Waals surface area (Å²) in [6, 6.07) is 7.06. The highest BCUT2D eigenvalue weighted by atomic mass is 16.5. The summed E-state index contributed by atoms with van der Waals surface area (Å²) in [5, 5.41) is 0.507. The standard InChI is InChI=1S/C18H17NO4/c1-4-11-6-7-14-13(8-11)17(20)16-15(23-14)9-12(10(3)19-16)18(21)22-5-2/h6-9H,4-5H2,1-3H3. The largest absolute Gasteiger partial charge is 0.462 e. The Hall–Kier alpha value is -2.69. The van der Waals surface area contributed by atoms with Gasteiger partial charge in [-0.1, -0.05) is 13.0 Å². The van der Waals surface area contributed by atoms with Crippen LogP contribution < -0.4 is 5.43 Å². The van der Waals surface area contributed by atoms with Gasteiger partial charge in [0, 0.05) is 0 Å². The van der Waals surface area contributed by atoms with E-state index in [1.165, 1.54) is 6.07 Å². The van der Waals surface area contributed by atoms with Crippen LogP contribution in [0.1, 0.15) is 35.5 Å². The fraction of sp³-hybridized carbons (Fsp3) is 0.278. The molecule has 0 unspecified atom stereocenters. The summed E-state index contributed by atoms with van der Waals surface area (Å²) < 4.78 is 10.8. The Morgan fingerprint density at radius 1 is 1.22 bits per heavy atom. The van der Waals surface area contributed by atoms with Crippen LogP contribution in [0.25, 0.3) is 22.1 Å². The van der Waals surface area contributed by atoms with E-state index in [1.807, 2.05) is 19.1 Å². The third kappa shape index (κ3) is 2.59. The Kier molecular flexibility index (Phi) is 3.86. The van der Waals surface area contributed by atoms with Crippen molar-refractivity contribution in [2.45, 2.75) is 27.2 Å². The molecule has 118 valence electrons. The molecule has 1 aromatic carbocycles. The molecule has 2 aromatic heterocycles. The summed E-state index contributed by atoms with van der Waals surface area (Å²) in [4.78, 5) is 28.9. The van der Waals surface area contributed by atoms with E-state index in [4.69, 9.17) is 9.15 Å². The van der Waals surface area contributed by atoms with Gasteiger partial charge in [-0.25, -0.2) is 9.78 Å². The van der Waals surface area contributed by atoms with Crippen molar-refractivity contribution in [3.63, 3.8) is 0 Å². The van der Waals surface area contributed by atoms with Crippen molar-refractivity contribution in [1.82, 2.24) is 4.98 Å². The zero-order chi connectivity index (χ0) is 16.6. The lowest BCUT2D eigenvalue weighted by atomic mass is 10.1. The monoisotopic (exact) mass is 311 g/mol. The number of carbonyl (C=O) groups is 1. The number of hydrogen-bond acceptors (Lipinski definition) is 5. The topological polar surface area (TPSA) is 69.4 Å². The molecule has 3 rings (SSSR count). The Morgan fingerprint density at radius 2 is 2.00 bits per heavy atom. The number of carbonyl (C=O) groups excluding carboxylic acids is 1. The van der Waals surface area contributed by atoms with Gasteiger partial charge in [-0.3, -0.25) is 4.79 Å². The first-order valence-electron chi connectivity index (χ1n) is 7.59. The van der Waals surface area contributed by atoms with Crippen LogP contribution in [0, 0.1) is 6.92 Å². The van der Waals surface area contributed by atoms with Gasteiger partial charge in [0.2, 0.25) is 5.43 Å². The number of fused-ring (bicyclic) bond motifs is 2. The first-order valence-corrected chi connectivity index (χ1v) is 7.59. The number of ether oxygens (including phenoxy) is 1. The number of nitrogens with zero attached hydrogens (tertiary/aromatic N) is 1. The van der Waals surface area contributed by atoms with Gasteiger partial charge in [0.25, 0.3) is 0 Å². The molecule has 0 saturated heterocycles. The molecule has 0 fully saturated rings. The second-order valence-corrected chi connectivity index (χ2v) is 5.30. The first kappa shape index (κ1) is 15.2. The summed E-state index contributed by atoms with van der Waals surface area (Å²) in [6.07, 6.45) is 0.835. The molecule has 0 spiro atoms. The maximum Gasteiger partial charge on any atom is 0.340 e. The molecule has 0 aliphatic rings.